The first-order valence-corrected chi connectivity index (χ1v) is 6.21. The van der Waals surface area contributed by atoms with Gasteiger partial charge in [-0.15, -0.1) is 11.3 Å². The van der Waals surface area contributed by atoms with Crippen LogP contribution in [0, 0.1) is 0 Å². The molecule has 86 valence electrons. The molecule has 0 aliphatic carbocycles. The first-order chi connectivity index (χ1) is 7.83. The minimum Gasteiger partial charge on any atom is -0.333 e. The molecule has 0 saturated heterocycles. The van der Waals surface area contributed by atoms with Crippen LogP contribution in [0.15, 0.2) is 16.7 Å². The van der Waals surface area contributed by atoms with Crippen LogP contribution in [-0.4, -0.2) is 23.7 Å². The molecular formula is C11H15N3OS. The molecule has 2 heterocycles. The minimum absolute atomic E-state index is 0.635. The molecule has 4 nitrogen and oxygen atoms in total. The minimum atomic E-state index is 0.635. The zero-order valence-corrected chi connectivity index (χ0v) is 10.3. The lowest BCUT2D eigenvalue weighted by atomic mass is 10.3. The Morgan fingerprint density at radius 3 is 3.00 bits per heavy atom. The number of hydrogen-bond acceptors (Lipinski definition) is 5. The molecule has 0 aliphatic heterocycles. The van der Waals surface area contributed by atoms with Crippen molar-refractivity contribution in [3.63, 3.8) is 0 Å². The molecule has 0 aromatic carbocycles. The number of likely N-dealkylation sites (N-methyl/N-ethyl adjacent to an activating group) is 1. The maximum Gasteiger partial charge on any atom is 0.267 e. The fourth-order valence-corrected chi connectivity index (χ4v) is 2.24. The molecule has 2 aromatic heterocycles. The van der Waals surface area contributed by atoms with Crippen LogP contribution in [0.4, 0.5) is 0 Å². The molecule has 0 radical (unpaired) electrons. The first-order valence-electron chi connectivity index (χ1n) is 5.39. The van der Waals surface area contributed by atoms with Crippen LogP contribution in [0.2, 0.25) is 0 Å². The van der Waals surface area contributed by atoms with Crippen molar-refractivity contribution in [1.82, 2.24) is 15.5 Å². The van der Waals surface area contributed by atoms with Crippen LogP contribution in [0.1, 0.15) is 17.6 Å². The molecule has 0 spiro atoms. The van der Waals surface area contributed by atoms with E-state index in [0.29, 0.717) is 5.89 Å². The van der Waals surface area contributed by atoms with Gasteiger partial charge >= 0.3 is 0 Å². The molecule has 16 heavy (non-hydrogen) atoms. The fraction of sp³-hybridized carbons (Fsp3) is 0.455. The Balaban J connectivity index is 2.11. The standard InChI is InChI=1S/C11H15N3OS/c1-3-8-4-5-9(16-8)11-13-10(14-15-11)6-7-12-2/h4-5,12H,3,6-7H2,1-2H3. The molecule has 0 bridgehead atoms. The van der Waals surface area contributed by atoms with Gasteiger partial charge in [0, 0.05) is 17.8 Å². The summed E-state index contributed by atoms with van der Waals surface area (Å²) in [7, 11) is 1.91. The molecule has 0 fully saturated rings. The largest absolute Gasteiger partial charge is 0.333 e. The van der Waals surface area contributed by atoms with E-state index in [4.69, 9.17) is 4.52 Å². The summed E-state index contributed by atoms with van der Waals surface area (Å²) in [5.41, 5.74) is 0. The van der Waals surface area contributed by atoms with Crippen molar-refractivity contribution in [3.05, 3.63) is 22.8 Å². The van der Waals surface area contributed by atoms with Crippen molar-refractivity contribution in [2.45, 2.75) is 19.8 Å². The van der Waals surface area contributed by atoms with Gasteiger partial charge in [0.1, 0.15) is 0 Å². The highest BCUT2D eigenvalue weighted by Gasteiger charge is 2.10. The molecule has 0 saturated carbocycles. The summed E-state index contributed by atoms with van der Waals surface area (Å²) >= 11 is 1.71. The van der Waals surface area contributed by atoms with E-state index >= 15 is 0 Å². The number of thiophene rings is 1. The van der Waals surface area contributed by atoms with Crippen molar-refractivity contribution < 1.29 is 4.52 Å². The Morgan fingerprint density at radius 1 is 1.44 bits per heavy atom. The summed E-state index contributed by atoms with van der Waals surface area (Å²) in [6.07, 6.45) is 1.84. The molecule has 0 amide bonds. The second-order valence-electron chi connectivity index (χ2n) is 3.49. The molecule has 0 atom stereocenters. The van der Waals surface area contributed by atoms with Gasteiger partial charge in [0.15, 0.2) is 5.82 Å². The second-order valence-corrected chi connectivity index (χ2v) is 4.66. The van der Waals surface area contributed by atoms with Crippen LogP contribution in [0.5, 0.6) is 0 Å². The smallest absolute Gasteiger partial charge is 0.267 e. The maximum atomic E-state index is 5.23. The number of nitrogens with zero attached hydrogens (tertiary/aromatic N) is 2. The summed E-state index contributed by atoms with van der Waals surface area (Å²) < 4.78 is 5.23. The molecule has 1 N–H and O–H groups in total. The normalized spacial score (nSPS) is 10.9. The molecule has 2 rings (SSSR count). The lowest BCUT2D eigenvalue weighted by Crippen LogP contribution is -2.10. The average molecular weight is 237 g/mol. The zero-order chi connectivity index (χ0) is 11.4. The topological polar surface area (TPSA) is 51.0 Å². The Morgan fingerprint density at radius 2 is 2.31 bits per heavy atom. The van der Waals surface area contributed by atoms with Gasteiger partial charge < -0.3 is 9.84 Å². The summed E-state index contributed by atoms with van der Waals surface area (Å²) in [6.45, 7) is 3.01. The van der Waals surface area contributed by atoms with Crippen molar-refractivity contribution in [2.24, 2.45) is 0 Å². The van der Waals surface area contributed by atoms with E-state index < -0.39 is 0 Å². The lowest BCUT2D eigenvalue weighted by Gasteiger charge is -1.90. The van der Waals surface area contributed by atoms with E-state index in [9.17, 15) is 0 Å². The van der Waals surface area contributed by atoms with Crippen LogP contribution in [0.25, 0.3) is 10.8 Å². The molecular weight excluding hydrogens is 222 g/mol. The summed E-state index contributed by atoms with van der Waals surface area (Å²) in [5.74, 6) is 1.40. The Bertz CT molecular complexity index is 450. The highest BCUT2D eigenvalue weighted by atomic mass is 32.1. The predicted molar refractivity (Wildman–Crippen MR) is 64.6 cm³/mol. The molecule has 0 aliphatic rings. The van der Waals surface area contributed by atoms with Gasteiger partial charge in [0.25, 0.3) is 5.89 Å². The quantitative estimate of drug-likeness (QED) is 0.865. The zero-order valence-electron chi connectivity index (χ0n) is 9.49. The number of aryl methyl sites for hydroxylation is 1. The van der Waals surface area contributed by atoms with Crippen molar-refractivity contribution in [2.75, 3.05) is 13.6 Å². The van der Waals surface area contributed by atoms with Gasteiger partial charge in [0.2, 0.25) is 0 Å². The number of rotatable bonds is 5. The predicted octanol–water partition coefficient (Wildman–Crippen LogP) is 2.12. The number of aromatic nitrogens is 2. The van der Waals surface area contributed by atoms with Gasteiger partial charge in [-0.3, -0.25) is 0 Å². The van der Waals surface area contributed by atoms with Gasteiger partial charge in [-0.05, 0) is 25.6 Å². The third-order valence-electron chi connectivity index (χ3n) is 2.29. The number of hydrogen-bond donors (Lipinski definition) is 1. The Kier molecular flexibility index (Phi) is 3.69. The summed E-state index contributed by atoms with van der Waals surface area (Å²) in [4.78, 5) is 6.75. The number of nitrogens with one attached hydrogen (secondary N) is 1. The van der Waals surface area contributed by atoms with E-state index in [1.807, 2.05) is 13.1 Å². The molecule has 5 heteroatoms. The van der Waals surface area contributed by atoms with Crippen molar-refractivity contribution in [3.8, 4) is 10.8 Å². The van der Waals surface area contributed by atoms with Gasteiger partial charge in [-0.1, -0.05) is 12.1 Å². The maximum absolute atomic E-state index is 5.23. The lowest BCUT2D eigenvalue weighted by molar-refractivity contribution is 0.423. The highest BCUT2D eigenvalue weighted by Crippen LogP contribution is 2.26. The van der Waals surface area contributed by atoms with Gasteiger partial charge in [-0.2, -0.15) is 4.98 Å². The van der Waals surface area contributed by atoms with Crippen molar-refractivity contribution >= 4 is 11.3 Å². The van der Waals surface area contributed by atoms with E-state index in [1.165, 1.54) is 4.88 Å². The van der Waals surface area contributed by atoms with Gasteiger partial charge in [-0.25, -0.2) is 0 Å². The second kappa shape index (κ2) is 5.23. The van der Waals surface area contributed by atoms with Crippen LogP contribution in [0.3, 0.4) is 0 Å². The first kappa shape index (κ1) is 11.3. The third-order valence-corrected chi connectivity index (χ3v) is 3.51. The van der Waals surface area contributed by atoms with Crippen LogP contribution in [-0.2, 0) is 12.8 Å². The van der Waals surface area contributed by atoms with E-state index in [1.54, 1.807) is 11.3 Å². The average Bonchev–Trinajstić information content (AvgIpc) is 2.94. The van der Waals surface area contributed by atoms with Crippen LogP contribution < -0.4 is 5.32 Å². The molecule has 0 unspecified atom stereocenters. The van der Waals surface area contributed by atoms with Gasteiger partial charge in [0.05, 0.1) is 4.88 Å². The summed E-state index contributed by atoms with van der Waals surface area (Å²) in [5, 5.41) is 7.01. The van der Waals surface area contributed by atoms with E-state index in [-0.39, 0.29) is 0 Å². The summed E-state index contributed by atoms with van der Waals surface area (Å²) in [6, 6.07) is 4.15. The highest BCUT2D eigenvalue weighted by molar-refractivity contribution is 7.15. The SMILES string of the molecule is CCc1ccc(-c2nc(CCNC)no2)s1. The van der Waals surface area contributed by atoms with E-state index in [0.717, 1.165) is 30.1 Å². The van der Waals surface area contributed by atoms with Crippen molar-refractivity contribution in [1.29, 1.82) is 0 Å². The Labute approximate surface area is 98.7 Å². The monoisotopic (exact) mass is 237 g/mol. The van der Waals surface area contributed by atoms with Crippen LogP contribution >= 0.6 is 11.3 Å². The third kappa shape index (κ3) is 2.48. The fourth-order valence-electron chi connectivity index (χ4n) is 1.38. The Hall–Kier alpha value is -1.20. The van der Waals surface area contributed by atoms with E-state index in [2.05, 4.69) is 28.4 Å². The molecule has 2 aromatic rings.